The van der Waals surface area contributed by atoms with Gasteiger partial charge in [0.25, 0.3) is 0 Å². The van der Waals surface area contributed by atoms with Gasteiger partial charge >= 0.3 is 0 Å². The molecular weight excluding hydrogens is 214 g/mol. The van der Waals surface area contributed by atoms with Gasteiger partial charge in [-0.2, -0.15) is 4.99 Å². The number of rotatable bonds is 4. The lowest BCUT2D eigenvalue weighted by atomic mass is 9.69. The van der Waals surface area contributed by atoms with Gasteiger partial charge in [-0.15, -0.1) is 0 Å². The average molecular weight is 239 g/mol. The SMILES string of the molecule is CC1(C)CC(O)CC(CCC(C)(C)N=C=O)C1. The summed E-state index contributed by atoms with van der Waals surface area (Å²) in [6.07, 6.45) is 6.35. The highest BCUT2D eigenvalue weighted by Crippen LogP contribution is 2.41. The van der Waals surface area contributed by atoms with E-state index in [0.29, 0.717) is 5.92 Å². The van der Waals surface area contributed by atoms with Crippen LogP contribution in [0, 0.1) is 11.3 Å². The second kappa shape index (κ2) is 5.32. The van der Waals surface area contributed by atoms with Crippen LogP contribution in [0.5, 0.6) is 0 Å². The van der Waals surface area contributed by atoms with E-state index in [4.69, 9.17) is 0 Å². The van der Waals surface area contributed by atoms with Crippen LogP contribution in [0.2, 0.25) is 0 Å². The molecule has 0 heterocycles. The predicted octanol–water partition coefficient (Wildman–Crippen LogP) is 3.07. The van der Waals surface area contributed by atoms with Crippen molar-refractivity contribution in [3.8, 4) is 0 Å². The molecule has 0 amide bonds. The number of isocyanates is 1. The number of aliphatic hydroxyl groups excluding tert-OH is 1. The molecule has 98 valence electrons. The topological polar surface area (TPSA) is 49.7 Å². The van der Waals surface area contributed by atoms with Gasteiger partial charge in [-0.1, -0.05) is 13.8 Å². The van der Waals surface area contributed by atoms with Crippen LogP contribution >= 0.6 is 0 Å². The minimum absolute atomic E-state index is 0.165. The van der Waals surface area contributed by atoms with Crippen LogP contribution in [-0.2, 0) is 4.79 Å². The van der Waals surface area contributed by atoms with Crippen molar-refractivity contribution < 1.29 is 9.90 Å². The molecule has 1 aliphatic rings. The lowest BCUT2D eigenvalue weighted by Gasteiger charge is -2.38. The Morgan fingerprint density at radius 3 is 2.59 bits per heavy atom. The lowest BCUT2D eigenvalue weighted by molar-refractivity contribution is 0.0297. The summed E-state index contributed by atoms with van der Waals surface area (Å²) in [4.78, 5) is 14.1. The number of hydrogen-bond donors (Lipinski definition) is 1. The van der Waals surface area contributed by atoms with Crippen molar-refractivity contribution in [3.63, 3.8) is 0 Å². The van der Waals surface area contributed by atoms with E-state index in [0.717, 1.165) is 32.1 Å². The molecule has 3 heteroatoms. The molecule has 1 aliphatic carbocycles. The van der Waals surface area contributed by atoms with Gasteiger partial charge in [0, 0.05) is 0 Å². The summed E-state index contributed by atoms with van der Waals surface area (Å²) in [5, 5.41) is 9.86. The van der Waals surface area contributed by atoms with Gasteiger partial charge in [-0.3, -0.25) is 0 Å². The molecule has 2 atom stereocenters. The summed E-state index contributed by atoms with van der Waals surface area (Å²) in [5.41, 5.74) is -0.0747. The maximum atomic E-state index is 10.3. The summed E-state index contributed by atoms with van der Waals surface area (Å²) in [6, 6.07) is 0. The van der Waals surface area contributed by atoms with E-state index in [-0.39, 0.29) is 17.1 Å². The van der Waals surface area contributed by atoms with Crippen LogP contribution < -0.4 is 0 Å². The molecule has 17 heavy (non-hydrogen) atoms. The van der Waals surface area contributed by atoms with Crippen LogP contribution in [0.15, 0.2) is 4.99 Å². The van der Waals surface area contributed by atoms with E-state index < -0.39 is 0 Å². The highest BCUT2D eigenvalue weighted by atomic mass is 16.3. The molecule has 0 aromatic heterocycles. The Morgan fingerprint density at radius 2 is 2.06 bits per heavy atom. The van der Waals surface area contributed by atoms with Crippen LogP contribution in [-0.4, -0.2) is 22.8 Å². The third kappa shape index (κ3) is 5.01. The van der Waals surface area contributed by atoms with E-state index in [2.05, 4.69) is 18.8 Å². The molecule has 0 aliphatic heterocycles. The van der Waals surface area contributed by atoms with Crippen molar-refractivity contribution in [2.75, 3.05) is 0 Å². The van der Waals surface area contributed by atoms with E-state index in [1.54, 1.807) is 6.08 Å². The maximum Gasteiger partial charge on any atom is 0.235 e. The number of nitrogens with zero attached hydrogens (tertiary/aromatic N) is 1. The van der Waals surface area contributed by atoms with Crippen LogP contribution in [0.1, 0.15) is 59.8 Å². The van der Waals surface area contributed by atoms with Crippen molar-refractivity contribution in [2.45, 2.75) is 71.4 Å². The van der Waals surface area contributed by atoms with Gasteiger partial charge in [0.2, 0.25) is 6.08 Å². The molecule has 0 aromatic rings. The van der Waals surface area contributed by atoms with E-state index in [9.17, 15) is 9.90 Å². The largest absolute Gasteiger partial charge is 0.393 e. The first-order chi connectivity index (χ1) is 7.74. The molecule has 2 unspecified atom stereocenters. The molecule has 1 fully saturated rings. The summed E-state index contributed by atoms with van der Waals surface area (Å²) in [6.45, 7) is 8.36. The van der Waals surface area contributed by atoms with E-state index in [1.165, 1.54) is 0 Å². The molecule has 0 radical (unpaired) electrons. The lowest BCUT2D eigenvalue weighted by Crippen LogP contribution is -2.32. The molecule has 3 nitrogen and oxygen atoms in total. The Bertz CT molecular complexity index is 303. The summed E-state index contributed by atoms with van der Waals surface area (Å²) in [7, 11) is 0. The average Bonchev–Trinajstić information content (AvgIpc) is 2.11. The van der Waals surface area contributed by atoms with Crippen molar-refractivity contribution in [1.29, 1.82) is 0 Å². The number of carbonyl (C=O) groups excluding carboxylic acids is 1. The normalized spacial score (nSPS) is 28.5. The number of aliphatic imine (C=N–C) groups is 1. The van der Waals surface area contributed by atoms with Gasteiger partial charge in [0.15, 0.2) is 0 Å². The van der Waals surface area contributed by atoms with Gasteiger partial charge < -0.3 is 5.11 Å². The summed E-state index contributed by atoms with van der Waals surface area (Å²) >= 11 is 0. The Balaban J connectivity index is 2.49. The van der Waals surface area contributed by atoms with Crippen molar-refractivity contribution in [3.05, 3.63) is 0 Å². The number of aliphatic hydroxyl groups is 1. The maximum absolute atomic E-state index is 10.3. The Kier molecular flexibility index (Phi) is 4.51. The van der Waals surface area contributed by atoms with Gasteiger partial charge in [-0.25, -0.2) is 4.79 Å². The molecule has 0 aromatic carbocycles. The van der Waals surface area contributed by atoms with Gasteiger partial charge in [0.1, 0.15) is 0 Å². The fourth-order valence-corrected chi connectivity index (χ4v) is 3.01. The zero-order valence-electron chi connectivity index (χ0n) is 11.5. The van der Waals surface area contributed by atoms with Crippen molar-refractivity contribution in [1.82, 2.24) is 0 Å². The first kappa shape index (κ1) is 14.4. The van der Waals surface area contributed by atoms with E-state index >= 15 is 0 Å². The zero-order valence-corrected chi connectivity index (χ0v) is 11.5. The molecule has 1 N–H and O–H groups in total. The smallest absolute Gasteiger partial charge is 0.235 e. The minimum atomic E-state index is -0.311. The third-order valence-corrected chi connectivity index (χ3v) is 3.75. The Labute approximate surface area is 104 Å². The molecule has 0 spiro atoms. The van der Waals surface area contributed by atoms with Crippen LogP contribution in [0.4, 0.5) is 0 Å². The van der Waals surface area contributed by atoms with E-state index in [1.807, 2.05) is 13.8 Å². The zero-order chi connectivity index (χ0) is 13.1. The second-order valence-electron chi connectivity index (χ2n) is 6.88. The predicted molar refractivity (Wildman–Crippen MR) is 68.6 cm³/mol. The molecular formula is C14H25NO2. The fraction of sp³-hybridized carbons (Fsp3) is 0.929. The molecule has 1 saturated carbocycles. The monoisotopic (exact) mass is 239 g/mol. The van der Waals surface area contributed by atoms with Gasteiger partial charge in [-0.05, 0) is 57.3 Å². The van der Waals surface area contributed by atoms with Crippen LogP contribution in [0.3, 0.4) is 0 Å². The molecule has 0 bridgehead atoms. The minimum Gasteiger partial charge on any atom is -0.393 e. The summed E-state index contributed by atoms with van der Waals surface area (Å²) < 4.78 is 0. The van der Waals surface area contributed by atoms with Crippen molar-refractivity contribution in [2.24, 2.45) is 16.3 Å². The standard InChI is InChI=1S/C14H25NO2/c1-13(2)8-11(7-12(17)9-13)5-6-14(3,4)15-10-16/h11-12,17H,5-9H2,1-4H3. The quantitative estimate of drug-likeness (QED) is 0.605. The Hall–Kier alpha value is -0.660. The van der Waals surface area contributed by atoms with Gasteiger partial charge in [0.05, 0.1) is 11.6 Å². The third-order valence-electron chi connectivity index (χ3n) is 3.75. The first-order valence-electron chi connectivity index (χ1n) is 6.51. The fourth-order valence-electron chi connectivity index (χ4n) is 3.01. The molecule has 0 saturated heterocycles. The molecule has 1 rings (SSSR count). The number of hydrogen-bond acceptors (Lipinski definition) is 3. The summed E-state index contributed by atoms with van der Waals surface area (Å²) in [5.74, 6) is 0.551. The second-order valence-corrected chi connectivity index (χ2v) is 6.88. The Morgan fingerprint density at radius 1 is 1.41 bits per heavy atom. The van der Waals surface area contributed by atoms with Crippen LogP contribution in [0.25, 0.3) is 0 Å². The first-order valence-corrected chi connectivity index (χ1v) is 6.51. The van der Waals surface area contributed by atoms with Crippen molar-refractivity contribution >= 4 is 6.08 Å². The highest BCUT2D eigenvalue weighted by molar-refractivity contribution is 5.34. The highest BCUT2D eigenvalue weighted by Gasteiger charge is 2.33.